The van der Waals surface area contributed by atoms with Gasteiger partial charge in [-0.05, 0) is 38.5 Å². The lowest BCUT2D eigenvalue weighted by Crippen LogP contribution is -2.25. The van der Waals surface area contributed by atoms with Crippen LogP contribution < -0.4 is 14.8 Å². The van der Waals surface area contributed by atoms with Gasteiger partial charge in [0.25, 0.3) is 5.91 Å². The SMILES string of the molecule is CCOCCCNC(=O)c1sc(-c2ccc(OC)c(OC)c2)nc1C. The number of nitrogens with one attached hydrogen (secondary N) is 1. The van der Waals surface area contributed by atoms with Crippen molar-refractivity contribution in [1.82, 2.24) is 10.3 Å². The first-order chi connectivity index (χ1) is 12.1. The Balaban J connectivity index is 2.10. The molecule has 0 aliphatic heterocycles. The fourth-order valence-electron chi connectivity index (χ4n) is 2.30. The molecule has 0 unspecified atom stereocenters. The summed E-state index contributed by atoms with van der Waals surface area (Å²) in [5, 5.41) is 3.69. The van der Waals surface area contributed by atoms with Crippen LogP contribution in [0.4, 0.5) is 0 Å². The minimum Gasteiger partial charge on any atom is -0.493 e. The van der Waals surface area contributed by atoms with E-state index in [1.807, 2.05) is 32.0 Å². The van der Waals surface area contributed by atoms with Crippen molar-refractivity contribution in [3.05, 3.63) is 28.8 Å². The third-order valence-electron chi connectivity index (χ3n) is 3.59. The average molecular weight is 364 g/mol. The van der Waals surface area contributed by atoms with Crippen LogP contribution >= 0.6 is 11.3 Å². The average Bonchev–Trinajstić information content (AvgIpc) is 3.02. The summed E-state index contributed by atoms with van der Waals surface area (Å²) in [6.45, 7) is 5.72. The van der Waals surface area contributed by atoms with E-state index >= 15 is 0 Å². The van der Waals surface area contributed by atoms with E-state index in [-0.39, 0.29) is 5.91 Å². The van der Waals surface area contributed by atoms with E-state index in [0.29, 0.717) is 36.1 Å². The lowest BCUT2D eigenvalue weighted by atomic mass is 10.2. The zero-order valence-electron chi connectivity index (χ0n) is 15.0. The first-order valence-corrected chi connectivity index (χ1v) is 8.98. The standard InChI is InChI=1S/C18H24N2O4S/c1-5-24-10-6-9-19-17(21)16-12(2)20-18(25-16)13-7-8-14(22-3)15(11-13)23-4/h7-8,11H,5-6,9-10H2,1-4H3,(H,19,21). The molecule has 7 heteroatoms. The van der Waals surface area contributed by atoms with E-state index in [1.165, 1.54) is 11.3 Å². The molecule has 0 fully saturated rings. The third kappa shape index (κ3) is 4.93. The Morgan fingerprint density at radius 1 is 1.24 bits per heavy atom. The minimum atomic E-state index is -0.0989. The number of hydrogen-bond donors (Lipinski definition) is 1. The lowest BCUT2D eigenvalue weighted by Gasteiger charge is -2.08. The van der Waals surface area contributed by atoms with Gasteiger partial charge in [0, 0.05) is 25.3 Å². The highest BCUT2D eigenvalue weighted by Gasteiger charge is 2.17. The second-order valence-electron chi connectivity index (χ2n) is 5.31. The summed E-state index contributed by atoms with van der Waals surface area (Å²) >= 11 is 1.37. The largest absolute Gasteiger partial charge is 0.493 e. The van der Waals surface area contributed by atoms with Crippen molar-refractivity contribution in [3.8, 4) is 22.1 Å². The predicted molar refractivity (Wildman–Crippen MR) is 98.8 cm³/mol. The van der Waals surface area contributed by atoms with Gasteiger partial charge in [0.05, 0.1) is 19.9 Å². The molecular formula is C18H24N2O4S. The van der Waals surface area contributed by atoms with Crippen molar-refractivity contribution in [2.24, 2.45) is 0 Å². The van der Waals surface area contributed by atoms with Gasteiger partial charge < -0.3 is 19.5 Å². The van der Waals surface area contributed by atoms with Crippen molar-refractivity contribution < 1.29 is 19.0 Å². The zero-order chi connectivity index (χ0) is 18.2. The fourth-order valence-corrected chi connectivity index (χ4v) is 3.28. The molecule has 1 amide bonds. The summed E-state index contributed by atoms with van der Waals surface area (Å²) in [5.74, 6) is 1.19. The Morgan fingerprint density at radius 2 is 2.00 bits per heavy atom. The molecule has 0 bridgehead atoms. The topological polar surface area (TPSA) is 69.7 Å². The Hall–Kier alpha value is -2.12. The molecule has 0 atom stereocenters. The van der Waals surface area contributed by atoms with Crippen molar-refractivity contribution in [1.29, 1.82) is 0 Å². The molecule has 136 valence electrons. The van der Waals surface area contributed by atoms with Gasteiger partial charge in [0.15, 0.2) is 11.5 Å². The number of carbonyl (C=O) groups excluding carboxylic acids is 1. The third-order valence-corrected chi connectivity index (χ3v) is 4.79. The number of methoxy groups -OCH3 is 2. The first kappa shape index (κ1) is 19.2. The molecule has 25 heavy (non-hydrogen) atoms. The van der Waals surface area contributed by atoms with E-state index in [2.05, 4.69) is 10.3 Å². The number of nitrogens with zero attached hydrogens (tertiary/aromatic N) is 1. The molecule has 0 aliphatic carbocycles. The quantitative estimate of drug-likeness (QED) is 0.692. The van der Waals surface area contributed by atoms with Crippen LogP contribution in [0.2, 0.25) is 0 Å². The molecule has 0 saturated carbocycles. The van der Waals surface area contributed by atoms with Gasteiger partial charge in [-0.1, -0.05) is 0 Å². The number of carbonyl (C=O) groups is 1. The molecular weight excluding hydrogens is 340 g/mol. The van der Waals surface area contributed by atoms with Crippen LogP contribution in [0.3, 0.4) is 0 Å². The maximum atomic E-state index is 12.3. The lowest BCUT2D eigenvalue weighted by molar-refractivity contribution is 0.0947. The molecule has 0 radical (unpaired) electrons. The van der Waals surface area contributed by atoms with E-state index in [9.17, 15) is 4.79 Å². The zero-order valence-corrected chi connectivity index (χ0v) is 15.9. The highest BCUT2D eigenvalue weighted by atomic mass is 32.1. The van der Waals surface area contributed by atoms with Crippen LogP contribution in [0, 0.1) is 6.92 Å². The number of ether oxygens (including phenoxy) is 3. The van der Waals surface area contributed by atoms with Crippen molar-refractivity contribution in [2.75, 3.05) is 34.0 Å². The number of hydrogen-bond acceptors (Lipinski definition) is 6. The van der Waals surface area contributed by atoms with E-state index in [0.717, 1.165) is 22.7 Å². The molecule has 2 rings (SSSR count). The summed E-state index contributed by atoms with van der Waals surface area (Å²) in [4.78, 5) is 17.5. The molecule has 0 aliphatic rings. The number of aryl methyl sites for hydroxylation is 1. The summed E-state index contributed by atoms with van der Waals surface area (Å²) in [7, 11) is 3.19. The van der Waals surface area contributed by atoms with Gasteiger partial charge >= 0.3 is 0 Å². The van der Waals surface area contributed by atoms with Crippen LogP contribution in [0.5, 0.6) is 11.5 Å². The second kappa shape index (κ2) is 9.39. The fraction of sp³-hybridized carbons (Fsp3) is 0.444. The second-order valence-corrected chi connectivity index (χ2v) is 6.31. The van der Waals surface area contributed by atoms with Crippen LogP contribution in [-0.2, 0) is 4.74 Å². The maximum Gasteiger partial charge on any atom is 0.263 e. The number of rotatable bonds is 9. The predicted octanol–water partition coefficient (Wildman–Crippen LogP) is 3.29. The Labute approximate surface area is 152 Å². The number of aromatic nitrogens is 1. The molecule has 1 heterocycles. The normalized spacial score (nSPS) is 10.6. The summed E-state index contributed by atoms with van der Waals surface area (Å²) < 4.78 is 15.8. The van der Waals surface area contributed by atoms with Crippen LogP contribution in [0.1, 0.15) is 28.7 Å². The van der Waals surface area contributed by atoms with Gasteiger partial charge in [-0.3, -0.25) is 4.79 Å². The first-order valence-electron chi connectivity index (χ1n) is 8.16. The minimum absolute atomic E-state index is 0.0989. The van der Waals surface area contributed by atoms with Crippen molar-refractivity contribution in [2.45, 2.75) is 20.3 Å². The van der Waals surface area contributed by atoms with E-state index in [1.54, 1.807) is 14.2 Å². The van der Waals surface area contributed by atoms with Crippen LogP contribution in [-0.4, -0.2) is 44.9 Å². The highest BCUT2D eigenvalue weighted by Crippen LogP contribution is 2.34. The summed E-state index contributed by atoms with van der Waals surface area (Å²) in [6, 6.07) is 5.60. The summed E-state index contributed by atoms with van der Waals surface area (Å²) in [6.07, 6.45) is 0.792. The van der Waals surface area contributed by atoms with E-state index < -0.39 is 0 Å². The van der Waals surface area contributed by atoms with Crippen molar-refractivity contribution >= 4 is 17.2 Å². The van der Waals surface area contributed by atoms with Gasteiger partial charge in [0.2, 0.25) is 0 Å². The number of amides is 1. The molecule has 6 nitrogen and oxygen atoms in total. The van der Waals surface area contributed by atoms with Gasteiger partial charge in [-0.15, -0.1) is 11.3 Å². The van der Waals surface area contributed by atoms with Crippen LogP contribution in [0.15, 0.2) is 18.2 Å². The van der Waals surface area contributed by atoms with Crippen molar-refractivity contribution in [3.63, 3.8) is 0 Å². The molecule has 1 aromatic heterocycles. The summed E-state index contributed by atoms with van der Waals surface area (Å²) in [5.41, 5.74) is 1.61. The number of benzene rings is 1. The van der Waals surface area contributed by atoms with Gasteiger partial charge in [0.1, 0.15) is 9.88 Å². The monoisotopic (exact) mass is 364 g/mol. The van der Waals surface area contributed by atoms with Gasteiger partial charge in [-0.25, -0.2) is 4.98 Å². The molecule has 1 N–H and O–H groups in total. The molecule has 1 aromatic carbocycles. The highest BCUT2D eigenvalue weighted by molar-refractivity contribution is 7.17. The Bertz CT molecular complexity index is 715. The Morgan fingerprint density at radius 3 is 2.68 bits per heavy atom. The van der Waals surface area contributed by atoms with Crippen LogP contribution in [0.25, 0.3) is 10.6 Å². The molecule has 0 spiro atoms. The molecule has 2 aromatic rings. The smallest absolute Gasteiger partial charge is 0.263 e. The molecule has 0 saturated heterocycles. The maximum absolute atomic E-state index is 12.3. The van der Waals surface area contributed by atoms with E-state index in [4.69, 9.17) is 14.2 Å². The van der Waals surface area contributed by atoms with Gasteiger partial charge in [-0.2, -0.15) is 0 Å². The number of thiazole rings is 1. The Kier molecular flexibility index (Phi) is 7.21.